The number of alkyl carbamates (subject to hydrolysis) is 1. The minimum absolute atomic E-state index is 0.0478. The summed E-state index contributed by atoms with van der Waals surface area (Å²) in [6.07, 6.45) is -0.142. The van der Waals surface area contributed by atoms with E-state index in [1.54, 1.807) is 49.9 Å². The number of nitrogens with zero attached hydrogens (tertiary/aromatic N) is 1. The first-order chi connectivity index (χ1) is 15.1. The third-order valence-corrected chi connectivity index (χ3v) is 5.31. The van der Waals surface area contributed by atoms with Crippen molar-refractivity contribution in [1.29, 1.82) is 0 Å². The molecule has 10 heteroatoms. The molecule has 2 atom stereocenters. The van der Waals surface area contributed by atoms with Gasteiger partial charge in [0.25, 0.3) is 5.91 Å². The van der Waals surface area contributed by atoms with Crippen LogP contribution in [-0.4, -0.2) is 72.3 Å². The van der Waals surface area contributed by atoms with Gasteiger partial charge in [0.15, 0.2) is 0 Å². The van der Waals surface area contributed by atoms with Gasteiger partial charge < -0.3 is 30.0 Å². The topological polar surface area (TPSA) is 113 Å². The second kappa shape index (κ2) is 9.79. The van der Waals surface area contributed by atoms with Crippen LogP contribution in [0.25, 0.3) is 10.9 Å². The quantitative estimate of drug-likeness (QED) is 0.629. The lowest BCUT2D eigenvalue weighted by Gasteiger charge is -2.39. The van der Waals surface area contributed by atoms with Crippen LogP contribution in [0.5, 0.6) is 0 Å². The number of ether oxygens (including phenoxy) is 2. The van der Waals surface area contributed by atoms with E-state index in [1.807, 2.05) is 0 Å². The van der Waals surface area contributed by atoms with Gasteiger partial charge in [0.2, 0.25) is 5.91 Å². The predicted molar refractivity (Wildman–Crippen MR) is 121 cm³/mol. The molecule has 3 rings (SSSR count). The fourth-order valence-corrected chi connectivity index (χ4v) is 3.82. The van der Waals surface area contributed by atoms with Gasteiger partial charge in [-0.25, -0.2) is 4.79 Å². The number of H-pyrrole nitrogens is 1. The molecule has 0 aliphatic carbocycles. The minimum atomic E-state index is -0.672. The van der Waals surface area contributed by atoms with Gasteiger partial charge in [-0.1, -0.05) is 11.6 Å². The SMILES string of the molecule is COCC(=O)N1CCC(NC(=O)c2cc3cc(Cl)ccc3[nH]2)C(NC(=O)OC(C)(C)C)C1. The van der Waals surface area contributed by atoms with E-state index in [-0.39, 0.29) is 25.0 Å². The number of aromatic nitrogens is 1. The molecular weight excluding hydrogens is 436 g/mol. The highest BCUT2D eigenvalue weighted by molar-refractivity contribution is 6.31. The van der Waals surface area contributed by atoms with Gasteiger partial charge in [-0.05, 0) is 51.5 Å². The van der Waals surface area contributed by atoms with E-state index in [4.69, 9.17) is 21.1 Å². The highest BCUT2D eigenvalue weighted by Gasteiger charge is 2.34. The standard InChI is InChI=1S/C22H29ClN4O5/c1-22(2,3)32-21(30)26-18-11-27(19(28)12-31-4)8-7-16(18)25-20(29)17-10-13-9-14(23)5-6-15(13)24-17/h5-6,9-10,16,18,24H,7-8,11-12H2,1-4H3,(H,25,29)(H,26,30). The van der Waals surface area contributed by atoms with Gasteiger partial charge in [0.1, 0.15) is 17.9 Å². The van der Waals surface area contributed by atoms with Crippen molar-refractivity contribution < 1.29 is 23.9 Å². The Morgan fingerprint density at radius 1 is 1.19 bits per heavy atom. The zero-order valence-electron chi connectivity index (χ0n) is 18.7. The Labute approximate surface area is 191 Å². The fourth-order valence-electron chi connectivity index (χ4n) is 3.64. The van der Waals surface area contributed by atoms with Crippen molar-refractivity contribution in [3.05, 3.63) is 35.0 Å². The predicted octanol–water partition coefficient (Wildman–Crippen LogP) is 2.69. The molecule has 2 unspecified atom stereocenters. The zero-order chi connectivity index (χ0) is 23.5. The highest BCUT2D eigenvalue weighted by atomic mass is 35.5. The average Bonchev–Trinajstić information content (AvgIpc) is 3.11. The second-order valence-electron chi connectivity index (χ2n) is 8.81. The van der Waals surface area contributed by atoms with Crippen molar-refractivity contribution >= 4 is 40.4 Å². The van der Waals surface area contributed by atoms with Crippen LogP contribution in [0, 0.1) is 0 Å². The van der Waals surface area contributed by atoms with Gasteiger partial charge in [-0.15, -0.1) is 0 Å². The first-order valence-electron chi connectivity index (χ1n) is 10.4. The van der Waals surface area contributed by atoms with Gasteiger partial charge in [0, 0.05) is 36.1 Å². The maximum Gasteiger partial charge on any atom is 0.408 e. The number of amides is 3. The van der Waals surface area contributed by atoms with Crippen molar-refractivity contribution in [1.82, 2.24) is 20.5 Å². The summed E-state index contributed by atoms with van der Waals surface area (Å²) in [6.45, 7) is 5.92. The van der Waals surface area contributed by atoms with Gasteiger partial charge in [-0.2, -0.15) is 0 Å². The smallest absolute Gasteiger partial charge is 0.408 e. The van der Waals surface area contributed by atoms with E-state index in [1.165, 1.54) is 7.11 Å². The Kier molecular flexibility index (Phi) is 7.30. The van der Waals surface area contributed by atoms with Gasteiger partial charge in [-0.3, -0.25) is 9.59 Å². The molecule has 0 saturated carbocycles. The molecule has 32 heavy (non-hydrogen) atoms. The number of halogens is 1. The second-order valence-corrected chi connectivity index (χ2v) is 9.25. The number of likely N-dealkylation sites (tertiary alicyclic amines) is 1. The van der Waals surface area contributed by atoms with Crippen LogP contribution in [0.3, 0.4) is 0 Å². The molecule has 1 saturated heterocycles. The van der Waals surface area contributed by atoms with Gasteiger partial charge >= 0.3 is 6.09 Å². The van der Waals surface area contributed by atoms with Crippen LogP contribution in [0.1, 0.15) is 37.7 Å². The summed E-state index contributed by atoms with van der Waals surface area (Å²) in [5, 5.41) is 7.19. The zero-order valence-corrected chi connectivity index (χ0v) is 19.4. The summed E-state index contributed by atoms with van der Waals surface area (Å²) in [4.78, 5) is 42.3. The molecule has 0 spiro atoms. The average molecular weight is 465 g/mol. The molecule has 9 nitrogen and oxygen atoms in total. The minimum Gasteiger partial charge on any atom is -0.444 e. The summed E-state index contributed by atoms with van der Waals surface area (Å²) < 4.78 is 10.3. The van der Waals surface area contributed by atoms with E-state index < -0.39 is 23.8 Å². The Hall–Kier alpha value is -2.78. The van der Waals surface area contributed by atoms with Crippen molar-refractivity contribution in [3.63, 3.8) is 0 Å². The molecule has 1 aromatic heterocycles. The first kappa shape index (κ1) is 23.9. The van der Waals surface area contributed by atoms with E-state index in [9.17, 15) is 14.4 Å². The Morgan fingerprint density at radius 3 is 2.62 bits per heavy atom. The molecular formula is C22H29ClN4O5. The van der Waals surface area contributed by atoms with Crippen LogP contribution in [0.4, 0.5) is 4.79 Å². The van der Waals surface area contributed by atoms with Crippen molar-refractivity contribution in [2.24, 2.45) is 0 Å². The number of carbonyl (C=O) groups is 3. The molecule has 2 aromatic rings. The highest BCUT2D eigenvalue weighted by Crippen LogP contribution is 2.21. The third kappa shape index (κ3) is 6.14. The Morgan fingerprint density at radius 2 is 1.94 bits per heavy atom. The number of methoxy groups -OCH3 is 1. The molecule has 1 fully saturated rings. The summed E-state index contributed by atoms with van der Waals surface area (Å²) in [5.41, 5.74) is 0.508. The van der Waals surface area contributed by atoms with E-state index >= 15 is 0 Å². The van der Waals surface area contributed by atoms with E-state index in [0.29, 0.717) is 23.7 Å². The van der Waals surface area contributed by atoms with Crippen LogP contribution in [0.2, 0.25) is 5.02 Å². The lowest BCUT2D eigenvalue weighted by Crippen LogP contribution is -2.62. The number of carbonyl (C=O) groups excluding carboxylic acids is 3. The van der Waals surface area contributed by atoms with Crippen LogP contribution < -0.4 is 10.6 Å². The first-order valence-corrected chi connectivity index (χ1v) is 10.8. The molecule has 1 aliphatic heterocycles. The molecule has 174 valence electrons. The molecule has 1 aliphatic rings. The summed E-state index contributed by atoms with van der Waals surface area (Å²) in [5.74, 6) is -0.490. The van der Waals surface area contributed by atoms with Crippen LogP contribution >= 0.6 is 11.6 Å². The van der Waals surface area contributed by atoms with Crippen molar-refractivity contribution in [2.75, 3.05) is 26.8 Å². The molecule has 2 heterocycles. The van der Waals surface area contributed by atoms with Crippen molar-refractivity contribution in [2.45, 2.75) is 44.9 Å². The molecule has 3 N–H and O–H groups in total. The maximum atomic E-state index is 12.9. The number of rotatable bonds is 5. The largest absolute Gasteiger partial charge is 0.444 e. The summed E-state index contributed by atoms with van der Waals surface area (Å²) in [6, 6.07) is 6.14. The summed E-state index contributed by atoms with van der Waals surface area (Å²) >= 11 is 6.03. The number of hydrogen-bond donors (Lipinski definition) is 3. The van der Waals surface area contributed by atoms with Crippen LogP contribution in [0.15, 0.2) is 24.3 Å². The summed E-state index contributed by atoms with van der Waals surface area (Å²) in [7, 11) is 1.45. The number of piperidine rings is 1. The Balaban J connectivity index is 1.74. The lowest BCUT2D eigenvalue weighted by atomic mass is 9.98. The molecule has 3 amide bonds. The number of benzene rings is 1. The lowest BCUT2D eigenvalue weighted by molar-refractivity contribution is -0.136. The fraction of sp³-hybridized carbons (Fsp3) is 0.500. The van der Waals surface area contributed by atoms with Crippen LogP contribution in [-0.2, 0) is 14.3 Å². The number of hydrogen-bond acceptors (Lipinski definition) is 5. The van der Waals surface area contributed by atoms with Crippen molar-refractivity contribution in [3.8, 4) is 0 Å². The normalized spacial score (nSPS) is 19.0. The molecule has 1 aromatic carbocycles. The number of aromatic amines is 1. The van der Waals surface area contributed by atoms with E-state index in [2.05, 4.69) is 15.6 Å². The number of nitrogens with one attached hydrogen (secondary N) is 3. The van der Waals surface area contributed by atoms with Gasteiger partial charge in [0.05, 0.1) is 12.1 Å². The Bertz CT molecular complexity index is 1000. The maximum absolute atomic E-state index is 12.9. The molecule has 0 radical (unpaired) electrons. The number of fused-ring (bicyclic) bond motifs is 1. The molecule has 0 bridgehead atoms. The third-order valence-electron chi connectivity index (χ3n) is 5.08. The monoisotopic (exact) mass is 464 g/mol. The van der Waals surface area contributed by atoms with E-state index in [0.717, 1.165) is 10.9 Å².